The Morgan fingerprint density at radius 1 is 1.00 bits per heavy atom. The van der Waals surface area contributed by atoms with Gasteiger partial charge in [-0.25, -0.2) is 0 Å². The molecular formula is C21H21NO2. The lowest BCUT2D eigenvalue weighted by molar-refractivity contribution is -0.121. The predicted octanol–water partition coefficient (Wildman–Crippen LogP) is 4.27. The SMILES string of the molecule is COc1ccc([C@H](C)NC(=O)Cc2cccc3ccccc23)cc1. The molecule has 24 heavy (non-hydrogen) atoms. The van der Waals surface area contributed by atoms with Crippen molar-refractivity contribution in [2.45, 2.75) is 19.4 Å². The maximum atomic E-state index is 12.4. The standard InChI is InChI=1S/C21H21NO2/c1-15(16-10-12-19(24-2)13-11-16)22-21(23)14-18-8-5-7-17-6-3-4-9-20(17)18/h3-13,15H,14H2,1-2H3,(H,22,23)/t15-/m0/s1. The summed E-state index contributed by atoms with van der Waals surface area (Å²) in [4.78, 5) is 12.4. The maximum Gasteiger partial charge on any atom is 0.224 e. The monoisotopic (exact) mass is 319 g/mol. The smallest absolute Gasteiger partial charge is 0.224 e. The average molecular weight is 319 g/mol. The Labute approximate surface area is 142 Å². The van der Waals surface area contributed by atoms with Crippen LogP contribution in [-0.2, 0) is 11.2 Å². The molecule has 1 amide bonds. The van der Waals surface area contributed by atoms with Crippen molar-refractivity contribution < 1.29 is 9.53 Å². The van der Waals surface area contributed by atoms with Gasteiger partial charge in [-0.2, -0.15) is 0 Å². The molecule has 0 radical (unpaired) electrons. The van der Waals surface area contributed by atoms with E-state index in [2.05, 4.69) is 23.5 Å². The van der Waals surface area contributed by atoms with Gasteiger partial charge in [0.25, 0.3) is 0 Å². The molecule has 0 aliphatic heterocycles. The molecule has 0 saturated heterocycles. The van der Waals surface area contributed by atoms with Crippen molar-refractivity contribution in [3.63, 3.8) is 0 Å². The normalized spacial score (nSPS) is 11.9. The molecule has 0 aromatic heterocycles. The number of methoxy groups -OCH3 is 1. The minimum atomic E-state index is -0.0432. The van der Waals surface area contributed by atoms with Gasteiger partial charge in [0.2, 0.25) is 5.91 Å². The number of carbonyl (C=O) groups excluding carboxylic acids is 1. The van der Waals surface area contributed by atoms with Gasteiger partial charge in [-0.1, -0.05) is 54.6 Å². The van der Waals surface area contributed by atoms with Gasteiger partial charge in [0.15, 0.2) is 0 Å². The van der Waals surface area contributed by atoms with E-state index in [0.717, 1.165) is 27.6 Å². The summed E-state index contributed by atoms with van der Waals surface area (Å²) in [5.74, 6) is 0.836. The van der Waals surface area contributed by atoms with Crippen LogP contribution in [0.15, 0.2) is 66.7 Å². The predicted molar refractivity (Wildman–Crippen MR) is 97.2 cm³/mol. The largest absolute Gasteiger partial charge is 0.497 e. The second-order valence-electron chi connectivity index (χ2n) is 5.88. The minimum absolute atomic E-state index is 0.0228. The zero-order chi connectivity index (χ0) is 16.9. The third-order valence-corrected chi connectivity index (χ3v) is 4.22. The van der Waals surface area contributed by atoms with Crippen LogP contribution in [0.1, 0.15) is 24.1 Å². The Morgan fingerprint density at radius 3 is 2.46 bits per heavy atom. The summed E-state index contributed by atoms with van der Waals surface area (Å²) in [5, 5.41) is 5.36. The van der Waals surface area contributed by atoms with E-state index in [9.17, 15) is 4.79 Å². The van der Waals surface area contributed by atoms with E-state index in [0.29, 0.717) is 6.42 Å². The fourth-order valence-corrected chi connectivity index (χ4v) is 2.89. The molecule has 1 atom stereocenters. The van der Waals surface area contributed by atoms with Gasteiger partial charge >= 0.3 is 0 Å². The average Bonchev–Trinajstić information content (AvgIpc) is 2.62. The van der Waals surface area contributed by atoms with Crippen LogP contribution in [-0.4, -0.2) is 13.0 Å². The molecule has 3 nitrogen and oxygen atoms in total. The van der Waals surface area contributed by atoms with Crippen molar-refractivity contribution in [3.8, 4) is 5.75 Å². The Morgan fingerprint density at radius 2 is 1.71 bits per heavy atom. The Balaban J connectivity index is 1.70. The van der Waals surface area contributed by atoms with Crippen LogP contribution in [0.3, 0.4) is 0 Å². The fraction of sp³-hybridized carbons (Fsp3) is 0.190. The minimum Gasteiger partial charge on any atom is -0.497 e. The lowest BCUT2D eigenvalue weighted by Gasteiger charge is -2.15. The fourth-order valence-electron chi connectivity index (χ4n) is 2.89. The Kier molecular flexibility index (Phi) is 4.80. The van der Waals surface area contributed by atoms with Gasteiger partial charge in [0, 0.05) is 0 Å². The molecule has 3 heteroatoms. The van der Waals surface area contributed by atoms with E-state index >= 15 is 0 Å². The van der Waals surface area contributed by atoms with E-state index in [4.69, 9.17) is 4.74 Å². The quantitative estimate of drug-likeness (QED) is 0.763. The van der Waals surface area contributed by atoms with E-state index in [1.165, 1.54) is 0 Å². The molecule has 0 spiro atoms. The summed E-state index contributed by atoms with van der Waals surface area (Å²) in [6.07, 6.45) is 0.377. The zero-order valence-electron chi connectivity index (χ0n) is 14.0. The second-order valence-corrected chi connectivity index (χ2v) is 5.88. The Bertz CT molecular complexity index is 835. The molecule has 3 aromatic carbocycles. The van der Waals surface area contributed by atoms with Gasteiger partial charge in [0.1, 0.15) is 5.75 Å². The molecule has 1 N–H and O–H groups in total. The van der Waals surface area contributed by atoms with Crippen molar-refractivity contribution in [1.82, 2.24) is 5.32 Å². The van der Waals surface area contributed by atoms with Gasteiger partial charge < -0.3 is 10.1 Å². The van der Waals surface area contributed by atoms with E-state index in [1.54, 1.807) is 7.11 Å². The summed E-state index contributed by atoms with van der Waals surface area (Å²) >= 11 is 0. The summed E-state index contributed by atoms with van der Waals surface area (Å²) in [5.41, 5.74) is 2.11. The highest BCUT2D eigenvalue weighted by Gasteiger charge is 2.11. The van der Waals surface area contributed by atoms with E-state index in [-0.39, 0.29) is 11.9 Å². The van der Waals surface area contributed by atoms with E-state index < -0.39 is 0 Å². The third-order valence-electron chi connectivity index (χ3n) is 4.22. The topological polar surface area (TPSA) is 38.3 Å². The zero-order valence-corrected chi connectivity index (χ0v) is 14.0. The summed E-state index contributed by atoms with van der Waals surface area (Å²) in [6, 6.07) is 21.9. The van der Waals surface area contributed by atoms with E-state index in [1.807, 2.05) is 55.5 Å². The van der Waals surface area contributed by atoms with Crippen LogP contribution >= 0.6 is 0 Å². The molecule has 3 rings (SSSR count). The highest BCUT2D eigenvalue weighted by Crippen LogP contribution is 2.20. The highest BCUT2D eigenvalue weighted by atomic mass is 16.5. The first-order chi connectivity index (χ1) is 11.7. The number of nitrogens with one attached hydrogen (secondary N) is 1. The van der Waals surface area contributed by atoms with Gasteiger partial charge in [-0.15, -0.1) is 0 Å². The molecule has 122 valence electrons. The highest BCUT2D eigenvalue weighted by molar-refractivity contribution is 5.90. The number of hydrogen-bond donors (Lipinski definition) is 1. The molecule has 0 aliphatic carbocycles. The molecule has 0 fully saturated rings. The van der Waals surface area contributed by atoms with Crippen LogP contribution in [0.5, 0.6) is 5.75 Å². The summed E-state index contributed by atoms with van der Waals surface area (Å²) in [7, 11) is 1.64. The number of fused-ring (bicyclic) bond motifs is 1. The van der Waals surface area contributed by atoms with Gasteiger partial charge in [-0.05, 0) is 41.0 Å². The molecule has 0 saturated carbocycles. The molecule has 3 aromatic rings. The van der Waals surface area contributed by atoms with Crippen LogP contribution < -0.4 is 10.1 Å². The van der Waals surface area contributed by atoms with Gasteiger partial charge in [-0.3, -0.25) is 4.79 Å². The van der Waals surface area contributed by atoms with Crippen molar-refractivity contribution in [2.24, 2.45) is 0 Å². The van der Waals surface area contributed by atoms with Crippen molar-refractivity contribution in [2.75, 3.05) is 7.11 Å². The van der Waals surface area contributed by atoms with Crippen LogP contribution in [0.4, 0.5) is 0 Å². The molecular weight excluding hydrogens is 298 g/mol. The van der Waals surface area contributed by atoms with Crippen molar-refractivity contribution in [1.29, 1.82) is 0 Å². The van der Waals surface area contributed by atoms with Crippen molar-refractivity contribution >= 4 is 16.7 Å². The molecule has 0 aliphatic rings. The number of hydrogen-bond acceptors (Lipinski definition) is 2. The van der Waals surface area contributed by atoms with Gasteiger partial charge in [0.05, 0.1) is 19.6 Å². The molecule has 0 unspecified atom stereocenters. The summed E-state index contributed by atoms with van der Waals surface area (Å²) in [6.45, 7) is 1.99. The second kappa shape index (κ2) is 7.18. The first kappa shape index (κ1) is 16.1. The number of amides is 1. The lowest BCUT2D eigenvalue weighted by Crippen LogP contribution is -2.28. The number of benzene rings is 3. The Hall–Kier alpha value is -2.81. The molecule has 0 heterocycles. The summed E-state index contributed by atoms with van der Waals surface area (Å²) < 4.78 is 5.16. The van der Waals surface area contributed by atoms with Crippen molar-refractivity contribution in [3.05, 3.63) is 77.9 Å². The molecule has 0 bridgehead atoms. The lowest BCUT2D eigenvalue weighted by atomic mass is 10.0. The maximum absolute atomic E-state index is 12.4. The van der Waals surface area contributed by atoms with Crippen LogP contribution in [0.2, 0.25) is 0 Å². The third kappa shape index (κ3) is 3.57. The first-order valence-corrected chi connectivity index (χ1v) is 8.07. The van der Waals surface area contributed by atoms with Crippen LogP contribution in [0.25, 0.3) is 10.8 Å². The number of carbonyl (C=O) groups is 1. The first-order valence-electron chi connectivity index (χ1n) is 8.07. The number of rotatable bonds is 5. The van der Waals surface area contributed by atoms with Crippen LogP contribution in [0, 0.1) is 0 Å². The number of ether oxygens (including phenoxy) is 1.